The maximum absolute atomic E-state index is 13.4. The van der Waals surface area contributed by atoms with Crippen LogP contribution in [0.4, 0.5) is 5.82 Å². The fraction of sp³-hybridized carbons (Fsp3) is 0.429. The highest BCUT2D eigenvalue weighted by Gasteiger charge is 2.25. The van der Waals surface area contributed by atoms with Crippen LogP contribution in [0.3, 0.4) is 0 Å². The Hall–Kier alpha value is -1.94. The van der Waals surface area contributed by atoms with Crippen molar-refractivity contribution in [1.29, 1.82) is 0 Å². The minimum atomic E-state index is -0.470. The van der Waals surface area contributed by atoms with Gasteiger partial charge in [0.1, 0.15) is 10.6 Å². The molecule has 7 nitrogen and oxygen atoms in total. The second-order valence-corrected chi connectivity index (χ2v) is 10.2. The predicted octanol–water partition coefficient (Wildman–Crippen LogP) is 4.15. The lowest BCUT2D eigenvalue weighted by Gasteiger charge is -2.15. The van der Waals surface area contributed by atoms with Gasteiger partial charge < -0.3 is 10.1 Å². The van der Waals surface area contributed by atoms with Crippen LogP contribution in [0.5, 0.6) is 0 Å². The van der Waals surface area contributed by atoms with Gasteiger partial charge in [-0.2, -0.15) is 0 Å². The number of aromatic nitrogens is 3. The van der Waals surface area contributed by atoms with Crippen LogP contribution < -0.4 is 10.9 Å². The highest BCUT2D eigenvalue weighted by molar-refractivity contribution is 8.00. The van der Waals surface area contributed by atoms with E-state index in [1.165, 1.54) is 22.8 Å². The number of anilines is 1. The zero-order valence-corrected chi connectivity index (χ0v) is 19.7. The standard InChI is InChI=1S/C21H23ClN4O3S2/c1-12(18(27)24-16-8-7-13(22)11-23-16)30-21-25-19-17(14-5-3-6-15(14)31-19)20(28)26(21)9-4-10-29-2/h7-8,11-12H,3-6,9-10H2,1-2H3,(H,23,24,27)/t12-/m0/s1. The fourth-order valence-corrected chi connectivity index (χ4v) is 5.95. The van der Waals surface area contributed by atoms with Gasteiger partial charge in [0.15, 0.2) is 5.16 Å². The first kappa shape index (κ1) is 22.3. The summed E-state index contributed by atoms with van der Waals surface area (Å²) in [5.74, 6) is 0.212. The van der Waals surface area contributed by atoms with Crippen molar-refractivity contribution < 1.29 is 9.53 Å². The van der Waals surface area contributed by atoms with Crippen LogP contribution in [0, 0.1) is 0 Å². The van der Waals surface area contributed by atoms with Crippen molar-refractivity contribution in [2.45, 2.75) is 49.6 Å². The predicted molar refractivity (Wildman–Crippen MR) is 126 cm³/mol. The Bertz CT molecular complexity index is 1160. The summed E-state index contributed by atoms with van der Waals surface area (Å²) >= 11 is 8.74. The number of thioether (sulfide) groups is 1. The molecule has 1 atom stereocenters. The van der Waals surface area contributed by atoms with Crippen molar-refractivity contribution in [2.75, 3.05) is 19.0 Å². The quantitative estimate of drug-likeness (QED) is 0.297. The number of fused-ring (bicyclic) bond motifs is 3. The molecule has 0 saturated heterocycles. The van der Waals surface area contributed by atoms with Crippen LogP contribution in [0.2, 0.25) is 5.02 Å². The first-order valence-electron chi connectivity index (χ1n) is 10.1. The first-order chi connectivity index (χ1) is 15.0. The number of pyridine rings is 1. The zero-order valence-electron chi connectivity index (χ0n) is 17.3. The molecule has 1 aliphatic rings. The van der Waals surface area contributed by atoms with Crippen molar-refractivity contribution in [1.82, 2.24) is 14.5 Å². The summed E-state index contributed by atoms with van der Waals surface area (Å²) < 4.78 is 6.86. The largest absolute Gasteiger partial charge is 0.385 e. The summed E-state index contributed by atoms with van der Waals surface area (Å²) in [4.78, 5) is 37.0. The number of amides is 1. The lowest BCUT2D eigenvalue weighted by molar-refractivity contribution is -0.115. The molecule has 3 heterocycles. The fourth-order valence-electron chi connectivity index (χ4n) is 3.60. The highest BCUT2D eigenvalue weighted by Crippen LogP contribution is 2.36. The van der Waals surface area contributed by atoms with Gasteiger partial charge in [-0.05, 0) is 50.3 Å². The van der Waals surface area contributed by atoms with E-state index < -0.39 is 5.25 Å². The van der Waals surface area contributed by atoms with Crippen molar-refractivity contribution in [3.05, 3.63) is 44.1 Å². The molecule has 0 aliphatic heterocycles. The van der Waals surface area contributed by atoms with Gasteiger partial charge in [0.2, 0.25) is 5.91 Å². The van der Waals surface area contributed by atoms with E-state index in [2.05, 4.69) is 10.3 Å². The summed E-state index contributed by atoms with van der Waals surface area (Å²) in [6, 6.07) is 3.32. The number of nitrogens with one attached hydrogen (secondary N) is 1. The van der Waals surface area contributed by atoms with Crippen LogP contribution in [0.15, 0.2) is 28.3 Å². The van der Waals surface area contributed by atoms with E-state index in [-0.39, 0.29) is 11.5 Å². The Morgan fingerprint density at radius 1 is 1.42 bits per heavy atom. The third kappa shape index (κ3) is 4.79. The minimum absolute atomic E-state index is 0.0185. The van der Waals surface area contributed by atoms with E-state index in [1.807, 2.05) is 0 Å². The van der Waals surface area contributed by atoms with E-state index in [1.54, 1.807) is 42.1 Å². The lowest BCUT2D eigenvalue weighted by Crippen LogP contribution is -2.27. The Morgan fingerprint density at radius 3 is 3.00 bits per heavy atom. The molecule has 164 valence electrons. The minimum Gasteiger partial charge on any atom is -0.385 e. The van der Waals surface area contributed by atoms with E-state index in [0.29, 0.717) is 35.6 Å². The number of methoxy groups -OCH3 is 1. The SMILES string of the molecule is COCCCn1c(S[C@@H](C)C(=O)Nc2ccc(Cl)cn2)nc2sc3c(c2c1=O)CCC3. The Labute approximate surface area is 193 Å². The Balaban J connectivity index is 1.61. The highest BCUT2D eigenvalue weighted by atomic mass is 35.5. The summed E-state index contributed by atoms with van der Waals surface area (Å²) in [7, 11) is 1.64. The maximum atomic E-state index is 13.4. The van der Waals surface area contributed by atoms with Crippen molar-refractivity contribution in [3.8, 4) is 0 Å². The number of rotatable bonds is 8. The molecule has 0 unspecified atom stereocenters. The Kier molecular flexibility index (Phi) is 6.95. The molecule has 3 aromatic heterocycles. The zero-order chi connectivity index (χ0) is 22.0. The molecule has 1 N–H and O–H groups in total. The average Bonchev–Trinajstić information content (AvgIpc) is 3.32. The molecule has 0 aromatic carbocycles. The van der Waals surface area contributed by atoms with Crippen molar-refractivity contribution in [2.24, 2.45) is 0 Å². The monoisotopic (exact) mass is 478 g/mol. The molecule has 4 rings (SSSR count). The van der Waals surface area contributed by atoms with E-state index >= 15 is 0 Å². The summed E-state index contributed by atoms with van der Waals surface area (Å²) in [6.45, 7) is 2.84. The third-order valence-corrected chi connectivity index (χ3v) is 7.65. The van der Waals surface area contributed by atoms with Gasteiger partial charge in [-0.1, -0.05) is 23.4 Å². The van der Waals surface area contributed by atoms with Crippen LogP contribution in [0.25, 0.3) is 10.2 Å². The number of carbonyl (C=O) groups excluding carboxylic acids is 1. The van der Waals surface area contributed by atoms with Gasteiger partial charge >= 0.3 is 0 Å². The van der Waals surface area contributed by atoms with Crippen LogP contribution >= 0.6 is 34.7 Å². The van der Waals surface area contributed by atoms with Crippen LogP contribution in [0.1, 0.15) is 30.2 Å². The molecular formula is C21H23ClN4O3S2. The van der Waals surface area contributed by atoms with Gasteiger partial charge in [-0.3, -0.25) is 14.2 Å². The number of thiophene rings is 1. The molecular weight excluding hydrogens is 456 g/mol. The molecule has 3 aromatic rings. The van der Waals surface area contributed by atoms with E-state index in [4.69, 9.17) is 21.3 Å². The lowest BCUT2D eigenvalue weighted by atomic mass is 10.2. The number of hydrogen-bond donors (Lipinski definition) is 1. The Morgan fingerprint density at radius 2 is 2.26 bits per heavy atom. The average molecular weight is 479 g/mol. The van der Waals surface area contributed by atoms with Gasteiger partial charge in [-0.15, -0.1) is 11.3 Å². The first-order valence-corrected chi connectivity index (χ1v) is 12.2. The smallest absolute Gasteiger partial charge is 0.263 e. The number of ether oxygens (including phenoxy) is 1. The number of aryl methyl sites for hydroxylation is 2. The molecule has 31 heavy (non-hydrogen) atoms. The molecule has 0 bridgehead atoms. The second kappa shape index (κ2) is 9.68. The molecule has 1 amide bonds. The van der Waals surface area contributed by atoms with Crippen LogP contribution in [-0.4, -0.2) is 39.4 Å². The summed E-state index contributed by atoms with van der Waals surface area (Å²) in [5.41, 5.74) is 1.14. The maximum Gasteiger partial charge on any atom is 0.263 e. The number of nitrogens with zero attached hydrogens (tertiary/aromatic N) is 3. The van der Waals surface area contributed by atoms with Gasteiger partial charge in [-0.25, -0.2) is 9.97 Å². The topological polar surface area (TPSA) is 86.1 Å². The number of hydrogen-bond acceptors (Lipinski definition) is 7. The summed E-state index contributed by atoms with van der Waals surface area (Å²) in [6.07, 6.45) is 5.21. The molecule has 0 radical (unpaired) electrons. The molecule has 0 spiro atoms. The van der Waals surface area contributed by atoms with Gasteiger partial charge in [0, 0.05) is 31.3 Å². The summed E-state index contributed by atoms with van der Waals surface area (Å²) in [5, 5.41) is 4.12. The van der Waals surface area contributed by atoms with Crippen LogP contribution in [-0.2, 0) is 28.9 Å². The normalized spacial score (nSPS) is 14.0. The second-order valence-electron chi connectivity index (χ2n) is 7.35. The molecule has 0 saturated carbocycles. The van der Waals surface area contributed by atoms with Crippen molar-refractivity contribution >= 4 is 56.6 Å². The van der Waals surface area contributed by atoms with Gasteiger partial charge in [0.25, 0.3) is 5.56 Å². The third-order valence-electron chi connectivity index (χ3n) is 5.15. The molecule has 1 aliphatic carbocycles. The molecule has 0 fully saturated rings. The number of carbonyl (C=O) groups is 1. The van der Waals surface area contributed by atoms with Crippen molar-refractivity contribution in [3.63, 3.8) is 0 Å². The van der Waals surface area contributed by atoms with E-state index in [9.17, 15) is 9.59 Å². The van der Waals surface area contributed by atoms with Gasteiger partial charge in [0.05, 0.1) is 15.7 Å². The number of halogens is 1. The van der Waals surface area contributed by atoms with E-state index in [0.717, 1.165) is 35.0 Å². The molecule has 10 heteroatoms.